The number of para-hydroxylation sites is 1. The van der Waals surface area contributed by atoms with Gasteiger partial charge in [-0.1, -0.05) is 24.3 Å². The summed E-state index contributed by atoms with van der Waals surface area (Å²) >= 11 is 1.23. The van der Waals surface area contributed by atoms with Crippen molar-refractivity contribution in [2.24, 2.45) is 10.1 Å². The number of aryl methyl sites for hydroxylation is 1. The van der Waals surface area contributed by atoms with E-state index in [1.807, 2.05) is 54.7 Å². The number of hydrazone groups is 1. The van der Waals surface area contributed by atoms with Gasteiger partial charge in [-0.2, -0.15) is 15.1 Å². The highest BCUT2D eigenvalue weighted by molar-refractivity contribution is 8.25. The fourth-order valence-electron chi connectivity index (χ4n) is 3.78. The quantitative estimate of drug-likeness (QED) is 0.418. The number of methoxy groups -OCH3 is 1. The van der Waals surface area contributed by atoms with Crippen molar-refractivity contribution in [3.05, 3.63) is 65.9 Å². The minimum atomic E-state index is -0.423. The highest BCUT2D eigenvalue weighted by Gasteiger charge is 2.32. The van der Waals surface area contributed by atoms with Gasteiger partial charge in [-0.05, 0) is 42.5 Å². The second-order valence-corrected chi connectivity index (χ2v) is 8.24. The number of aliphatic imine (C=N–C) groups is 1. The van der Waals surface area contributed by atoms with Crippen molar-refractivity contribution in [1.82, 2.24) is 9.58 Å². The number of nitrogens with zero attached hydrogens (tertiary/aromatic N) is 4. The zero-order chi connectivity index (χ0) is 22.8. The van der Waals surface area contributed by atoms with Gasteiger partial charge in [-0.15, -0.1) is 0 Å². The lowest BCUT2D eigenvalue weighted by Gasteiger charge is -2.20. The molecule has 0 fully saturated rings. The number of amidine groups is 2. The Morgan fingerprint density at radius 1 is 1.15 bits per heavy atom. The molecule has 2 aromatic carbocycles. The second-order valence-electron chi connectivity index (χ2n) is 7.43. The third-order valence-electron chi connectivity index (χ3n) is 5.37. The maximum absolute atomic E-state index is 12.6. The van der Waals surface area contributed by atoms with Crippen molar-refractivity contribution in [2.45, 2.75) is 13.0 Å². The Morgan fingerprint density at radius 2 is 2.00 bits per heavy atom. The number of rotatable bonds is 7. The highest BCUT2D eigenvalue weighted by Crippen LogP contribution is 2.28. The molecule has 0 radical (unpaired) electrons. The van der Waals surface area contributed by atoms with Gasteiger partial charge in [-0.3, -0.25) is 10.2 Å². The molecular formula is C24H21N5O3S. The summed E-state index contributed by atoms with van der Waals surface area (Å²) in [5, 5.41) is 15.3. The van der Waals surface area contributed by atoms with Gasteiger partial charge < -0.3 is 14.0 Å². The first-order chi connectivity index (χ1) is 16.1. The summed E-state index contributed by atoms with van der Waals surface area (Å²) in [6.07, 6.45) is 4.54. The minimum absolute atomic E-state index is 0.0368. The van der Waals surface area contributed by atoms with E-state index in [0.29, 0.717) is 11.8 Å². The lowest BCUT2D eigenvalue weighted by atomic mass is 10.1. The van der Waals surface area contributed by atoms with E-state index in [2.05, 4.69) is 14.7 Å². The highest BCUT2D eigenvalue weighted by atomic mass is 32.2. The van der Waals surface area contributed by atoms with Crippen LogP contribution >= 0.6 is 11.8 Å². The standard InChI is InChI=1S/C24H21N5O3S/c1-31-17-6-4-7-18(13-17)32-11-5-10-28-14-16(19-8-2-3-9-21(19)28)12-20-22(25)29-24(27-23(20)30)33-15-26-29/h2-4,6-9,12-15,25H,5,10-11H2,1H3/b20-12-,25-22?. The Hall–Kier alpha value is -3.85. The number of thioether (sulfide) groups is 1. The molecule has 0 saturated heterocycles. The zero-order valence-electron chi connectivity index (χ0n) is 17.9. The van der Waals surface area contributed by atoms with Crippen molar-refractivity contribution in [3.63, 3.8) is 0 Å². The van der Waals surface area contributed by atoms with E-state index in [1.165, 1.54) is 16.8 Å². The Kier molecular flexibility index (Phi) is 5.70. The number of fused-ring (bicyclic) bond motifs is 2. The summed E-state index contributed by atoms with van der Waals surface area (Å²) in [6.45, 7) is 1.30. The van der Waals surface area contributed by atoms with Crippen LogP contribution in [0.5, 0.6) is 11.5 Å². The monoisotopic (exact) mass is 459 g/mol. The summed E-state index contributed by atoms with van der Waals surface area (Å²) in [6, 6.07) is 15.6. The number of aromatic nitrogens is 1. The number of amides is 1. The SMILES string of the molecule is COc1cccc(OCCCn2cc(/C=C3/C(=N)N4N=CSC4=NC3=O)c3ccccc32)c1. The van der Waals surface area contributed by atoms with E-state index in [4.69, 9.17) is 14.9 Å². The number of benzene rings is 2. The number of carbonyl (C=O) groups excluding carboxylic acids is 1. The van der Waals surface area contributed by atoms with Crippen LogP contribution in [0, 0.1) is 5.41 Å². The van der Waals surface area contributed by atoms with Crippen molar-refractivity contribution in [3.8, 4) is 11.5 Å². The van der Waals surface area contributed by atoms with Crippen LogP contribution < -0.4 is 9.47 Å². The third-order valence-corrected chi connectivity index (χ3v) is 6.04. The Labute approximate surface area is 194 Å². The van der Waals surface area contributed by atoms with E-state index in [-0.39, 0.29) is 11.4 Å². The first-order valence-corrected chi connectivity index (χ1v) is 11.3. The van der Waals surface area contributed by atoms with E-state index in [9.17, 15) is 4.79 Å². The zero-order valence-corrected chi connectivity index (χ0v) is 18.7. The number of carbonyl (C=O) groups is 1. The molecule has 33 heavy (non-hydrogen) atoms. The Bertz CT molecular complexity index is 1340. The molecule has 0 unspecified atom stereocenters. The molecule has 5 rings (SSSR count). The molecule has 0 aliphatic carbocycles. The maximum atomic E-state index is 12.6. The summed E-state index contributed by atoms with van der Waals surface area (Å²) in [5.74, 6) is 1.15. The smallest absolute Gasteiger partial charge is 0.283 e. The average Bonchev–Trinajstić information content (AvgIpc) is 3.44. The van der Waals surface area contributed by atoms with E-state index in [0.717, 1.165) is 40.9 Å². The molecule has 2 aliphatic rings. The van der Waals surface area contributed by atoms with E-state index >= 15 is 0 Å². The van der Waals surface area contributed by atoms with Gasteiger partial charge >= 0.3 is 0 Å². The van der Waals surface area contributed by atoms with E-state index < -0.39 is 5.91 Å². The summed E-state index contributed by atoms with van der Waals surface area (Å²) in [5.41, 5.74) is 3.72. The molecule has 0 bridgehead atoms. The van der Waals surface area contributed by atoms with Gasteiger partial charge in [0.2, 0.25) is 0 Å². The van der Waals surface area contributed by atoms with Crippen LogP contribution in [-0.2, 0) is 11.3 Å². The molecule has 3 heterocycles. The van der Waals surface area contributed by atoms with Crippen LogP contribution in [0.15, 0.2) is 70.4 Å². The third kappa shape index (κ3) is 4.14. The first kappa shape index (κ1) is 21.0. The van der Waals surface area contributed by atoms with Crippen molar-refractivity contribution < 1.29 is 14.3 Å². The Balaban J connectivity index is 1.35. The molecule has 8 nitrogen and oxygen atoms in total. The summed E-state index contributed by atoms with van der Waals surface area (Å²) in [7, 11) is 1.63. The molecule has 9 heteroatoms. The van der Waals surface area contributed by atoms with E-state index in [1.54, 1.807) is 18.7 Å². The lowest BCUT2D eigenvalue weighted by molar-refractivity contribution is -0.114. The molecule has 0 spiro atoms. The van der Waals surface area contributed by atoms with Crippen LogP contribution in [0.25, 0.3) is 17.0 Å². The molecule has 1 amide bonds. The minimum Gasteiger partial charge on any atom is -0.497 e. The number of nitrogens with one attached hydrogen (secondary N) is 1. The van der Waals surface area contributed by atoms with Gasteiger partial charge in [-0.25, -0.2) is 0 Å². The number of hydrogen-bond donors (Lipinski definition) is 1. The van der Waals surface area contributed by atoms with Crippen LogP contribution in [0.3, 0.4) is 0 Å². The molecule has 3 aromatic rings. The molecule has 2 aliphatic heterocycles. The van der Waals surface area contributed by atoms with Gasteiger partial charge in [0.1, 0.15) is 11.5 Å². The fourth-order valence-corrected chi connectivity index (χ4v) is 4.39. The topological polar surface area (TPSA) is 92.3 Å². The molecule has 0 saturated carbocycles. The molecule has 166 valence electrons. The van der Waals surface area contributed by atoms with Gasteiger partial charge in [0.05, 0.1) is 24.8 Å². The van der Waals surface area contributed by atoms with Crippen molar-refractivity contribution in [2.75, 3.05) is 13.7 Å². The van der Waals surface area contributed by atoms with Crippen LogP contribution in [0.2, 0.25) is 0 Å². The molecular weight excluding hydrogens is 438 g/mol. The normalized spacial score (nSPS) is 16.5. The fraction of sp³-hybridized carbons (Fsp3) is 0.167. The van der Waals surface area contributed by atoms with Crippen molar-refractivity contribution in [1.29, 1.82) is 5.41 Å². The van der Waals surface area contributed by atoms with Crippen LogP contribution in [0.4, 0.5) is 0 Å². The number of hydrogen-bond acceptors (Lipinski definition) is 6. The van der Waals surface area contributed by atoms with Crippen LogP contribution in [0.1, 0.15) is 12.0 Å². The Morgan fingerprint density at radius 3 is 2.88 bits per heavy atom. The average molecular weight is 460 g/mol. The van der Waals surface area contributed by atoms with Gasteiger partial charge in [0.25, 0.3) is 5.91 Å². The second kappa shape index (κ2) is 8.95. The predicted octanol–water partition coefficient (Wildman–Crippen LogP) is 4.37. The molecule has 1 N–H and O–H groups in total. The lowest BCUT2D eigenvalue weighted by Crippen LogP contribution is -2.35. The first-order valence-electron chi connectivity index (χ1n) is 10.4. The number of ether oxygens (including phenoxy) is 2. The summed E-state index contributed by atoms with van der Waals surface area (Å²) in [4.78, 5) is 16.6. The van der Waals surface area contributed by atoms with Crippen LogP contribution in [-0.4, -0.2) is 45.7 Å². The molecule has 1 aromatic heterocycles. The summed E-state index contributed by atoms with van der Waals surface area (Å²) < 4.78 is 13.2. The largest absolute Gasteiger partial charge is 0.497 e. The predicted molar refractivity (Wildman–Crippen MR) is 131 cm³/mol. The molecule has 0 atom stereocenters. The van der Waals surface area contributed by atoms with Crippen molar-refractivity contribution >= 4 is 51.2 Å². The maximum Gasteiger partial charge on any atom is 0.283 e. The van der Waals surface area contributed by atoms with Gasteiger partial charge in [0.15, 0.2) is 11.0 Å². The van der Waals surface area contributed by atoms with Gasteiger partial charge in [0, 0.05) is 35.3 Å².